The van der Waals surface area contributed by atoms with Crippen LogP contribution in [0.2, 0.25) is 0 Å². The number of amides is 1. The van der Waals surface area contributed by atoms with Crippen molar-refractivity contribution in [2.24, 2.45) is 5.41 Å². The van der Waals surface area contributed by atoms with E-state index in [9.17, 15) is 4.79 Å². The zero-order chi connectivity index (χ0) is 15.0. The molecule has 0 bridgehead atoms. The lowest BCUT2D eigenvalue weighted by Crippen LogP contribution is -2.38. The summed E-state index contributed by atoms with van der Waals surface area (Å²) in [5, 5.41) is 14.3. The van der Waals surface area contributed by atoms with Crippen molar-refractivity contribution < 1.29 is 4.79 Å². The molecular weight excluding hydrogens is 318 g/mol. The number of piperidine rings is 1. The lowest BCUT2D eigenvalue weighted by atomic mass is 9.78. The monoisotopic (exact) mass is 335 g/mol. The molecule has 0 atom stereocenters. The summed E-state index contributed by atoms with van der Waals surface area (Å²) in [4.78, 5) is 18.6. The number of hydrogen-bond donors (Lipinski definition) is 1. The quantitative estimate of drug-likeness (QED) is 0.864. The van der Waals surface area contributed by atoms with Gasteiger partial charge in [-0.1, -0.05) is 0 Å². The number of rotatable bonds is 2. The van der Waals surface area contributed by atoms with E-state index in [4.69, 9.17) is 0 Å². The minimum absolute atomic E-state index is 0. The summed E-state index contributed by atoms with van der Waals surface area (Å²) in [6.07, 6.45) is 5.97. The van der Waals surface area contributed by atoms with Crippen LogP contribution in [0.5, 0.6) is 0 Å². The first-order valence-electron chi connectivity index (χ1n) is 7.46. The number of nitrogens with one attached hydrogen (secondary N) is 1. The number of tetrazole rings is 1. The van der Waals surface area contributed by atoms with Crippen LogP contribution in [0.4, 0.5) is 5.69 Å². The van der Waals surface area contributed by atoms with Crippen LogP contribution in [0.3, 0.4) is 0 Å². The molecule has 2 aliphatic rings. The van der Waals surface area contributed by atoms with Gasteiger partial charge in [0.1, 0.15) is 6.33 Å². The fourth-order valence-electron chi connectivity index (χ4n) is 3.36. The number of aromatic nitrogens is 5. The van der Waals surface area contributed by atoms with Crippen LogP contribution >= 0.6 is 12.4 Å². The minimum Gasteiger partial charge on any atom is -0.317 e. The molecule has 4 rings (SSSR count). The fourth-order valence-corrected chi connectivity index (χ4v) is 3.36. The van der Waals surface area contributed by atoms with Gasteiger partial charge in [0.05, 0.1) is 11.9 Å². The summed E-state index contributed by atoms with van der Waals surface area (Å²) in [6.45, 7) is 2.79. The van der Waals surface area contributed by atoms with E-state index in [0.29, 0.717) is 12.2 Å². The molecule has 4 heterocycles. The van der Waals surface area contributed by atoms with E-state index in [1.165, 1.54) is 11.0 Å². The maximum atomic E-state index is 12.4. The van der Waals surface area contributed by atoms with E-state index in [1.54, 1.807) is 6.20 Å². The first-order chi connectivity index (χ1) is 10.8. The third-order valence-electron chi connectivity index (χ3n) is 4.61. The van der Waals surface area contributed by atoms with Crippen LogP contribution in [0, 0.1) is 5.41 Å². The summed E-state index contributed by atoms with van der Waals surface area (Å²) in [5.41, 5.74) is 0.980. The molecule has 9 heteroatoms. The van der Waals surface area contributed by atoms with Gasteiger partial charge in [0.2, 0.25) is 5.91 Å². The third kappa shape index (κ3) is 2.91. The van der Waals surface area contributed by atoms with Crippen LogP contribution in [0.1, 0.15) is 19.3 Å². The van der Waals surface area contributed by atoms with Gasteiger partial charge < -0.3 is 10.2 Å². The van der Waals surface area contributed by atoms with Crippen molar-refractivity contribution >= 4 is 24.0 Å². The molecule has 0 aliphatic carbocycles. The van der Waals surface area contributed by atoms with E-state index in [-0.39, 0.29) is 23.7 Å². The van der Waals surface area contributed by atoms with Gasteiger partial charge in [-0.3, -0.25) is 4.79 Å². The molecule has 1 spiro atoms. The van der Waals surface area contributed by atoms with Gasteiger partial charge in [-0.2, -0.15) is 4.68 Å². The second kappa shape index (κ2) is 6.21. The van der Waals surface area contributed by atoms with Crippen LogP contribution in [-0.4, -0.2) is 50.7 Å². The highest BCUT2D eigenvalue weighted by Crippen LogP contribution is 2.40. The third-order valence-corrected chi connectivity index (χ3v) is 4.61. The van der Waals surface area contributed by atoms with E-state index >= 15 is 0 Å². The summed E-state index contributed by atoms with van der Waals surface area (Å²) >= 11 is 0. The molecule has 0 radical (unpaired) electrons. The number of carbonyl (C=O) groups excluding carboxylic acids is 1. The van der Waals surface area contributed by atoms with Gasteiger partial charge >= 0.3 is 0 Å². The number of pyridine rings is 1. The predicted molar refractivity (Wildman–Crippen MR) is 85.7 cm³/mol. The van der Waals surface area contributed by atoms with Crippen LogP contribution in [0.25, 0.3) is 5.82 Å². The molecule has 0 unspecified atom stereocenters. The average Bonchev–Trinajstić information content (AvgIpc) is 3.17. The van der Waals surface area contributed by atoms with Crippen molar-refractivity contribution in [1.29, 1.82) is 0 Å². The molecule has 122 valence electrons. The first-order valence-corrected chi connectivity index (χ1v) is 7.46. The van der Waals surface area contributed by atoms with Crippen molar-refractivity contribution in [2.75, 3.05) is 24.5 Å². The SMILES string of the molecule is Cl.O=C1CC2(CCNCC2)CN1c1ccc(-n2cnnn2)nc1. The Morgan fingerprint density at radius 3 is 2.70 bits per heavy atom. The van der Waals surface area contributed by atoms with Crippen molar-refractivity contribution in [3.63, 3.8) is 0 Å². The molecular formula is C14H18ClN7O. The Bertz CT molecular complexity index is 667. The molecule has 2 aromatic heterocycles. The van der Waals surface area contributed by atoms with Gasteiger partial charge in [-0.05, 0) is 53.9 Å². The Hall–Kier alpha value is -2.06. The minimum atomic E-state index is 0. The van der Waals surface area contributed by atoms with Crippen molar-refractivity contribution in [2.45, 2.75) is 19.3 Å². The van der Waals surface area contributed by atoms with E-state index in [0.717, 1.165) is 38.2 Å². The maximum Gasteiger partial charge on any atom is 0.227 e. The van der Waals surface area contributed by atoms with E-state index < -0.39 is 0 Å². The van der Waals surface area contributed by atoms with Gasteiger partial charge in [-0.15, -0.1) is 17.5 Å². The Balaban J connectivity index is 0.00000156. The number of halogens is 1. The van der Waals surface area contributed by atoms with Crippen LogP contribution in [0.15, 0.2) is 24.7 Å². The maximum absolute atomic E-state index is 12.4. The Kier molecular flexibility index (Phi) is 4.27. The van der Waals surface area contributed by atoms with Gasteiger partial charge in [-0.25, -0.2) is 4.98 Å². The molecule has 1 amide bonds. The summed E-state index contributed by atoms with van der Waals surface area (Å²) in [6, 6.07) is 3.73. The molecule has 2 aliphatic heterocycles. The second-order valence-electron chi connectivity index (χ2n) is 6.04. The highest BCUT2D eigenvalue weighted by Gasteiger charge is 2.44. The highest BCUT2D eigenvalue weighted by molar-refractivity contribution is 5.96. The second-order valence-corrected chi connectivity index (χ2v) is 6.04. The highest BCUT2D eigenvalue weighted by atomic mass is 35.5. The van der Waals surface area contributed by atoms with Crippen LogP contribution < -0.4 is 10.2 Å². The Morgan fingerprint density at radius 2 is 2.04 bits per heavy atom. The van der Waals surface area contributed by atoms with Gasteiger partial charge in [0.25, 0.3) is 0 Å². The molecule has 2 saturated heterocycles. The van der Waals surface area contributed by atoms with Crippen LogP contribution in [-0.2, 0) is 4.79 Å². The summed E-state index contributed by atoms with van der Waals surface area (Å²) < 4.78 is 1.49. The number of hydrogen-bond acceptors (Lipinski definition) is 6. The zero-order valence-corrected chi connectivity index (χ0v) is 13.4. The number of carbonyl (C=O) groups is 1. The fraction of sp³-hybridized carbons (Fsp3) is 0.500. The predicted octanol–water partition coefficient (Wildman–Crippen LogP) is 0.586. The summed E-state index contributed by atoms with van der Waals surface area (Å²) in [5.74, 6) is 0.829. The van der Waals surface area contributed by atoms with Crippen molar-refractivity contribution in [1.82, 2.24) is 30.5 Å². The first kappa shape index (κ1) is 15.8. The van der Waals surface area contributed by atoms with E-state index in [1.807, 2.05) is 17.0 Å². The molecule has 2 aromatic rings. The lowest BCUT2D eigenvalue weighted by Gasteiger charge is -2.33. The number of anilines is 1. The largest absolute Gasteiger partial charge is 0.317 e. The Morgan fingerprint density at radius 1 is 1.22 bits per heavy atom. The topological polar surface area (TPSA) is 88.8 Å². The molecule has 2 fully saturated rings. The Labute approximate surface area is 139 Å². The molecule has 23 heavy (non-hydrogen) atoms. The smallest absolute Gasteiger partial charge is 0.227 e. The average molecular weight is 336 g/mol. The van der Waals surface area contributed by atoms with Gasteiger partial charge in [0.15, 0.2) is 5.82 Å². The van der Waals surface area contributed by atoms with E-state index in [2.05, 4.69) is 25.8 Å². The van der Waals surface area contributed by atoms with Crippen molar-refractivity contribution in [3.05, 3.63) is 24.7 Å². The standard InChI is InChI=1S/C14H17N7O.ClH/c22-13-7-14(3-5-15-6-4-14)9-20(13)11-1-2-12(16-8-11)21-10-17-18-19-21;/h1-2,8,10,15H,3-7,9H2;1H. The lowest BCUT2D eigenvalue weighted by molar-refractivity contribution is -0.117. The summed E-state index contributed by atoms with van der Waals surface area (Å²) in [7, 11) is 0. The molecule has 8 nitrogen and oxygen atoms in total. The molecule has 1 N–H and O–H groups in total. The van der Waals surface area contributed by atoms with Gasteiger partial charge in [0, 0.05) is 13.0 Å². The van der Waals surface area contributed by atoms with Crippen molar-refractivity contribution in [3.8, 4) is 5.82 Å². The molecule has 0 aromatic carbocycles. The number of nitrogens with zero attached hydrogens (tertiary/aromatic N) is 6. The zero-order valence-electron chi connectivity index (χ0n) is 12.6. The normalized spacial score (nSPS) is 19.8. The molecule has 0 saturated carbocycles.